The van der Waals surface area contributed by atoms with Gasteiger partial charge in [-0.1, -0.05) is 47.5 Å². The monoisotopic (exact) mass is 376 g/mol. The Morgan fingerprint density at radius 2 is 1.00 bits per heavy atom. The van der Waals surface area contributed by atoms with Crippen LogP contribution in [0.15, 0.2) is 85.2 Å². The van der Waals surface area contributed by atoms with Gasteiger partial charge >= 0.3 is 0 Å². The average Bonchev–Trinajstić information content (AvgIpc) is 2.70. The molecule has 0 bridgehead atoms. The first kappa shape index (κ1) is 16.8. The van der Waals surface area contributed by atoms with Gasteiger partial charge in [0.25, 0.3) is 0 Å². The number of nitrogens with zero attached hydrogens (tertiary/aromatic N) is 2. The lowest BCUT2D eigenvalue weighted by molar-refractivity contribution is 1.32. The second-order valence-electron chi connectivity index (χ2n) is 5.82. The molecule has 26 heavy (non-hydrogen) atoms. The third kappa shape index (κ3) is 3.34. The normalized spacial score (nSPS) is 10.7. The number of halogens is 2. The Bertz CT molecular complexity index is 961. The largest absolute Gasteiger partial charge is 0.256 e. The van der Waals surface area contributed by atoms with Gasteiger partial charge in [-0.15, -0.1) is 0 Å². The summed E-state index contributed by atoms with van der Waals surface area (Å²) in [6.07, 6.45) is 3.53. The van der Waals surface area contributed by atoms with Crippen LogP contribution in [0.2, 0.25) is 10.0 Å². The topological polar surface area (TPSA) is 25.8 Å². The molecule has 0 amide bonds. The zero-order valence-electron chi connectivity index (χ0n) is 13.7. The van der Waals surface area contributed by atoms with Crippen molar-refractivity contribution in [1.29, 1.82) is 0 Å². The molecule has 0 aliphatic carbocycles. The van der Waals surface area contributed by atoms with Crippen LogP contribution in [-0.2, 0) is 0 Å². The Balaban J connectivity index is 1.82. The lowest BCUT2D eigenvalue weighted by Gasteiger charge is -2.10. The maximum atomic E-state index is 6.40. The minimum absolute atomic E-state index is 0.673. The predicted octanol–water partition coefficient (Wildman–Crippen LogP) is 6.78. The molecule has 0 saturated carbocycles. The molecular formula is C22H14Cl2N2. The zero-order chi connectivity index (χ0) is 17.9. The van der Waals surface area contributed by atoms with E-state index in [-0.39, 0.29) is 0 Å². The molecule has 4 aromatic rings. The number of hydrogen-bond acceptors (Lipinski definition) is 2. The maximum absolute atomic E-state index is 6.40. The van der Waals surface area contributed by atoms with Crippen molar-refractivity contribution in [2.24, 2.45) is 0 Å². The van der Waals surface area contributed by atoms with Crippen LogP contribution >= 0.6 is 23.2 Å². The van der Waals surface area contributed by atoms with Crippen LogP contribution < -0.4 is 0 Å². The summed E-state index contributed by atoms with van der Waals surface area (Å²) in [5.74, 6) is 0. The first-order chi connectivity index (χ1) is 12.7. The van der Waals surface area contributed by atoms with E-state index in [0.717, 1.165) is 33.6 Å². The standard InChI is InChI=1S/C22H14Cl2N2/c23-19-9-7-15(13-17(19)21-5-1-3-11-25-21)16-8-10-20(24)18(14-16)22-6-2-4-12-26-22/h1-14H. The van der Waals surface area contributed by atoms with Crippen LogP contribution in [0.1, 0.15) is 0 Å². The van der Waals surface area contributed by atoms with Gasteiger partial charge < -0.3 is 0 Å². The Labute approximate surface area is 162 Å². The van der Waals surface area contributed by atoms with E-state index in [1.807, 2.05) is 60.7 Å². The van der Waals surface area contributed by atoms with Gasteiger partial charge in [0.1, 0.15) is 0 Å². The molecule has 0 N–H and O–H groups in total. The van der Waals surface area contributed by atoms with Crippen molar-refractivity contribution >= 4 is 23.2 Å². The number of rotatable bonds is 3. The SMILES string of the molecule is Clc1ccc(-c2ccc(Cl)c(-c3ccccn3)c2)cc1-c1ccccn1. The molecule has 2 nitrogen and oxygen atoms in total. The van der Waals surface area contributed by atoms with Crippen LogP contribution in [0, 0.1) is 0 Å². The molecule has 0 aliphatic rings. The quantitative estimate of drug-likeness (QED) is 0.393. The zero-order valence-corrected chi connectivity index (χ0v) is 15.2. The van der Waals surface area contributed by atoms with Gasteiger partial charge in [0.05, 0.1) is 11.4 Å². The van der Waals surface area contributed by atoms with Crippen LogP contribution in [0.4, 0.5) is 0 Å². The molecule has 0 spiro atoms. The second kappa shape index (κ2) is 7.28. The average molecular weight is 377 g/mol. The summed E-state index contributed by atoms with van der Waals surface area (Å²) >= 11 is 12.8. The van der Waals surface area contributed by atoms with Crippen molar-refractivity contribution in [3.8, 4) is 33.6 Å². The lowest BCUT2D eigenvalue weighted by Crippen LogP contribution is -1.88. The van der Waals surface area contributed by atoms with E-state index in [1.165, 1.54) is 0 Å². The van der Waals surface area contributed by atoms with Gasteiger partial charge in [-0.3, -0.25) is 9.97 Å². The molecule has 0 unspecified atom stereocenters. The highest BCUT2D eigenvalue weighted by atomic mass is 35.5. The summed E-state index contributed by atoms with van der Waals surface area (Å²) < 4.78 is 0. The molecule has 4 rings (SSSR count). The molecule has 0 atom stereocenters. The van der Waals surface area contributed by atoms with Crippen LogP contribution in [0.25, 0.3) is 33.6 Å². The second-order valence-corrected chi connectivity index (χ2v) is 6.63. The minimum Gasteiger partial charge on any atom is -0.256 e. The van der Waals surface area contributed by atoms with E-state index in [4.69, 9.17) is 23.2 Å². The summed E-state index contributed by atoms with van der Waals surface area (Å²) in [4.78, 5) is 8.82. The number of aromatic nitrogens is 2. The highest BCUT2D eigenvalue weighted by Crippen LogP contribution is 2.35. The Morgan fingerprint density at radius 1 is 0.538 bits per heavy atom. The van der Waals surface area contributed by atoms with Crippen molar-refractivity contribution < 1.29 is 0 Å². The van der Waals surface area contributed by atoms with Gasteiger partial charge in [0.2, 0.25) is 0 Å². The van der Waals surface area contributed by atoms with Gasteiger partial charge in [-0.2, -0.15) is 0 Å². The first-order valence-corrected chi connectivity index (χ1v) is 8.90. The smallest absolute Gasteiger partial charge is 0.0717 e. The Kier molecular flexibility index (Phi) is 4.70. The highest BCUT2D eigenvalue weighted by Gasteiger charge is 2.10. The fourth-order valence-electron chi connectivity index (χ4n) is 2.85. The molecular weight excluding hydrogens is 363 g/mol. The molecule has 2 aromatic carbocycles. The molecule has 4 heteroatoms. The first-order valence-electron chi connectivity index (χ1n) is 8.14. The molecule has 0 aliphatic heterocycles. The summed E-state index contributed by atoms with van der Waals surface area (Å²) in [5.41, 5.74) is 5.59. The van der Waals surface area contributed by atoms with E-state index >= 15 is 0 Å². The van der Waals surface area contributed by atoms with Crippen molar-refractivity contribution in [1.82, 2.24) is 9.97 Å². The fourth-order valence-corrected chi connectivity index (χ4v) is 3.28. The fraction of sp³-hybridized carbons (Fsp3) is 0. The Hall–Kier alpha value is -2.68. The molecule has 0 saturated heterocycles. The van der Waals surface area contributed by atoms with Crippen LogP contribution in [0.3, 0.4) is 0 Å². The number of pyridine rings is 2. The van der Waals surface area contributed by atoms with Gasteiger partial charge in [-0.05, 0) is 59.7 Å². The predicted molar refractivity (Wildman–Crippen MR) is 108 cm³/mol. The molecule has 2 heterocycles. The maximum Gasteiger partial charge on any atom is 0.0717 e. The van der Waals surface area contributed by atoms with E-state index < -0.39 is 0 Å². The highest BCUT2D eigenvalue weighted by molar-refractivity contribution is 6.34. The van der Waals surface area contributed by atoms with Crippen molar-refractivity contribution in [3.05, 3.63) is 95.2 Å². The van der Waals surface area contributed by atoms with E-state index in [9.17, 15) is 0 Å². The number of hydrogen-bond donors (Lipinski definition) is 0. The Morgan fingerprint density at radius 3 is 1.38 bits per heavy atom. The van der Waals surface area contributed by atoms with Gasteiger partial charge in [0.15, 0.2) is 0 Å². The van der Waals surface area contributed by atoms with Gasteiger partial charge in [0, 0.05) is 33.6 Å². The molecule has 2 aromatic heterocycles. The van der Waals surface area contributed by atoms with Crippen LogP contribution in [0.5, 0.6) is 0 Å². The summed E-state index contributed by atoms with van der Waals surface area (Å²) in [7, 11) is 0. The summed E-state index contributed by atoms with van der Waals surface area (Å²) in [6.45, 7) is 0. The third-order valence-corrected chi connectivity index (χ3v) is 4.81. The minimum atomic E-state index is 0.673. The molecule has 0 fully saturated rings. The summed E-state index contributed by atoms with van der Waals surface area (Å²) in [5, 5.41) is 1.35. The van der Waals surface area contributed by atoms with Crippen LogP contribution in [-0.4, -0.2) is 9.97 Å². The number of benzene rings is 2. The van der Waals surface area contributed by atoms with E-state index in [2.05, 4.69) is 22.1 Å². The van der Waals surface area contributed by atoms with E-state index in [1.54, 1.807) is 12.4 Å². The summed E-state index contributed by atoms with van der Waals surface area (Å²) in [6, 6.07) is 23.5. The lowest BCUT2D eigenvalue weighted by atomic mass is 9.98. The molecule has 126 valence electrons. The van der Waals surface area contributed by atoms with Crippen molar-refractivity contribution in [2.45, 2.75) is 0 Å². The van der Waals surface area contributed by atoms with Crippen molar-refractivity contribution in [2.75, 3.05) is 0 Å². The van der Waals surface area contributed by atoms with Gasteiger partial charge in [-0.25, -0.2) is 0 Å². The van der Waals surface area contributed by atoms with E-state index in [0.29, 0.717) is 10.0 Å². The third-order valence-electron chi connectivity index (χ3n) is 4.15. The molecule has 0 radical (unpaired) electrons. The van der Waals surface area contributed by atoms with Crippen molar-refractivity contribution in [3.63, 3.8) is 0 Å².